The number of nitrogens with one attached hydrogen (secondary N) is 1. The first-order valence-corrected chi connectivity index (χ1v) is 6.31. The third kappa shape index (κ3) is 4.96. The Labute approximate surface area is 121 Å². The summed E-state index contributed by atoms with van der Waals surface area (Å²) in [4.78, 5) is 33.0. The first kappa shape index (κ1) is 17.3. The summed E-state index contributed by atoms with van der Waals surface area (Å²) in [5, 5.41) is 22.4. The van der Waals surface area contributed by atoms with Gasteiger partial charge in [-0.15, -0.1) is 0 Å². The molecular formula is C12H19NO8. The van der Waals surface area contributed by atoms with Crippen molar-refractivity contribution in [3.8, 4) is 0 Å². The van der Waals surface area contributed by atoms with Crippen molar-refractivity contribution < 1.29 is 38.8 Å². The maximum absolute atomic E-state index is 11.1. The average molecular weight is 305 g/mol. The number of esters is 2. The fraction of sp³-hybridized carbons (Fsp3) is 0.750. The van der Waals surface area contributed by atoms with Crippen LogP contribution in [-0.2, 0) is 28.6 Å². The number of amides is 1. The van der Waals surface area contributed by atoms with Gasteiger partial charge in [-0.2, -0.15) is 0 Å². The largest absolute Gasteiger partial charge is 0.463 e. The molecule has 1 saturated heterocycles. The highest BCUT2D eigenvalue weighted by molar-refractivity contribution is 5.73. The lowest BCUT2D eigenvalue weighted by molar-refractivity contribution is -0.259. The fourth-order valence-corrected chi connectivity index (χ4v) is 1.99. The first-order valence-electron chi connectivity index (χ1n) is 6.31. The van der Waals surface area contributed by atoms with Gasteiger partial charge >= 0.3 is 11.9 Å². The van der Waals surface area contributed by atoms with Gasteiger partial charge in [0.05, 0.1) is 0 Å². The van der Waals surface area contributed by atoms with Crippen LogP contribution < -0.4 is 5.32 Å². The maximum Gasteiger partial charge on any atom is 0.303 e. The van der Waals surface area contributed by atoms with E-state index >= 15 is 0 Å². The van der Waals surface area contributed by atoms with Crippen molar-refractivity contribution in [3.05, 3.63) is 0 Å². The Morgan fingerprint density at radius 3 is 2.24 bits per heavy atom. The zero-order valence-electron chi connectivity index (χ0n) is 11.9. The van der Waals surface area contributed by atoms with Crippen molar-refractivity contribution in [1.29, 1.82) is 0 Å². The summed E-state index contributed by atoms with van der Waals surface area (Å²) in [5.74, 6) is -1.78. The van der Waals surface area contributed by atoms with Crippen molar-refractivity contribution in [1.82, 2.24) is 5.32 Å². The SMILES string of the molecule is CC(=O)NC1C(O)OC(COC(C)=O)C(O)C1OC(C)=O. The molecule has 0 aliphatic carbocycles. The van der Waals surface area contributed by atoms with E-state index in [9.17, 15) is 24.6 Å². The highest BCUT2D eigenvalue weighted by Crippen LogP contribution is 2.23. The van der Waals surface area contributed by atoms with Crippen LogP contribution in [0.4, 0.5) is 0 Å². The van der Waals surface area contributed by atoms with Crippen LogP contribution in [0.1, 0.15) is 20.8 Å². The summed E-state index contributed by atoms with van der Waals surface area (Å²) in [6.45, 7) is 3.18. The third-order valence-corrected chi connectivity index (χ3v) is 2.82. The van der Waals surface area contributed by atoms with E-state index in [-0.39, 0.29) is 6.61 Å². The van der Waals surface area contributed by atoms with E-state index in [0.29, 0.717) is 0 Å². The number of ether oxygens (including phenoxy) is 3. The standard InChI is InChI=1S/C12H19NO8/c1-5(14)13-9-11(20-7(3)16)10(17)8(21-12(9)18)4-19-6(2)15/h8-12,17-18H,4H2,1-3H3,(H,13,14). The van der Waals surface area contributed by atoms with Crippen LogP contribution in [0.5, 0.6) is 0 Å². The van der Waals surface area contributed by atoms with Crippen molar-refractivity contribution in [2.45, 2.75) is 51.4 Å². The highest BCUT2D eigenvalue weighted by atomic mass is 16.6. The fourth-order valence-electron chi connectivity index (χ4n) is 1.99. The predicted molar refractivity (Wildman–Crippen MR) is 66.7 cm³/mol. The number of hydrogen-bond acceptors (Lipinski definition) is 8. The smallest absolute Gasteiger partial charge is 0.303 e. The number of rotatable bonds is 4. The molecule has 0 bridgehead atoms. The zero-order valence-corrected chi connectivity index (χ0v) is 11.9. The van der Waals surface area contributed by atoms with Gasteiger partial charge in [-0.1, -0.05) is 0 Å². The highest BCUT2D eigenvalue weighted by Gasteiger charge is 2.47. The zero-order chi connectivity index (χ0) is 16.2. The molecule has 5 atom stereocenters. The van der Waals surface area contributed by atoms with Gasteiger partial charge in [0.2, 0.25) is 5.91 Å². The lowest BCUT2D eigenvalue weighted by atomic mass is 9.96. The van der Waals surface area contributed by atoms with Gasteiger partial charge in [-0.05, 0) is 0 Å². The molecule has 1 rings (SSSR count). The van der Waals surface area contributed by atoms with Crippen LogP contribution in [0.2, 0.25) is 0 Å². The number of carbonyl (C=O) groups is 3. The minimum absolute atomic E-state index is 0.321. The summed E-state index contributed by atoms with van der Waals surface area (Å²) in [6, 6.07) is -1.13. The molecule has 21 heavy (non-hydrogen) atoms. The van der Waals surface area contributed by atoms with Crippen LogP contribution in [0.15, 0.2) is 0 Å². The van der Waals surface area contributed by atoms with Crippen molar-refractivity contribution in [3.63, 3.8) is 0 Å². The maximum atomic E-state index is 11.1. The van der Waals surface area contributed by atoms with Gasteiger partial charge in [-0.25, -0.2) is 0 Å². The average Bonchev–Trinajstić information content (AvgIpc) is 2.35. The summed E-state index contributed by atoms with van der Waals surface area (Å²) in [6.07, 6.45) is -5.22. The summed E-state index contributed by atoms with van der Waals surface area (Å²) in [5.41, 5.74) is 0. The van der Waals surface area contributed by atoms with E-state index in [1.54, 1.807) is 0 Å². The van der Waals surface area contributed by atoms with Gasteiger partial charge < -0.3 is 29.7 Å². The molecule has 1 aliphatic heterocycles. The molecule has 0 aromatic rings. The Kier molecular flexibility index (Phi) is 6.06. The second-order valence-electron chi connectivity index (χ2n) is 4.66. The molecule has 1 fully saturated rings. The Morgan fingerprint density at radius 2 is 1.76 bits per heavy atom. The van der Waals surface area contributed by atoms with Gasteiger partial charge in [0.15, 0.2) is 12.4 Å². The molecule has 3 N–H and O–H groups in total. The van der Waals surface area contributed by atoms with Gasteiger partial charge in [0.25, 0.3) is 0 Å². The molecule has 1 aliphatic rings. The molecule has 0 aromatic carbocycles. The summed E-state index contributed by atoms with van der Waals surface area (Å²) >= 11 is 0. The summed E-state index contributed by atoms with van der Waals surface area (Å²) in [7, 11) is 0. The molecule has 5 unspecified atom stereocenters. The van der Waals surface area contributed by atoms with Crippen molar-refractivity contribution >= 4 is 17.8 Å². The van der Waals surface area contributed by atoms with Crippen molar-refractivity contribution in [2.24, 2.45) is 0 Å². The van der Waals surface area contributed by atoms with Crippen LogP contribution in [0.25, 0.3) is 0 Å². The molecule has 9 heteroatoms. The topological polar surface area (TPSA) is 131 Å². The van der Waals surface area contributed by atoms with Crippen LogP contribution >= 0.6 is 0 Å². The molecule has 9 nitrogen and oxygen atoms in total. The molecule has 0 spiro atoms. The second kappa shape index (κ2) is 7.34. The van der Waals surface area contributed by atoms with E-state index in [2.05, 4.69) is 5.32 Å². The minimum Gasteiger partial charge on any atom is -0.463 e. The molecular weight excluding hydrogens is 286 g/mol. The number of aliphatic hydroxyl groups is 2. The Hall–Kier alpha value is -1.71. The normalized spacial score (nSPS) is 32.1. The molecule has 0 radical (unpaired) electrons. The molecule has 0 aromatic heterocycles. The lowest BCUT2D eigenvalue weighted by Gasteiger charge is -2.42. The van der Waals surface area contributed by atoms with Gasteiger partial charge in [0, 0.05) is 20.8 Å². The van der Waals surface area contributed by atoms with E-state index < -0.39 is 48.5 Å². The van der Waals surface area contributed by atoms with E-state index in [4.69, 9.17) is 14.2 Å². The molecule has 1 heterocycles. The quantitative estimate of drug-likeness (QED) is 0.511. The minimum atomic E-state index is -1.53. The third-order valence-electron chi connectivity index (χ3n) is 2.82. The Balaban J connectivity index is 2.87. The molecule has 120 valence electrons. The lowest BCUT2D eigenvalue weighted by Crippen LogP contribution is -2.65. The number of aliphatic hydroxyl groups excluding tert-OH is 2. The first-order chi connectivity index (χ1) is 9.72. The Bertz CT molecular complexity index is 412. The van der Waals surface area contributed by atoms with Gasteiger partial charge in [0.1, 0.15) is 24.9 Å². The number of carbonyl (C=O) groups excluding carboxylic acids is 3. The molecule has 1 amide bonds. The van der Waals surface area contributed by atoms with Crippen LogP contribution in [0.3, 0.4) is 0 Å². The monoisotopic (exact) mass is 305 g/mol. The van der Waals surface area contributed by atoms with E-state index in [0.717, 1.165) is 6.92 Å². The number of hydrogen-bond donors (Lipinski definition) is 3. The van der Waals surface area contributed by atoms with E-state index in [1.807, 2.05) is 0 Å². The van der Waals surface area contributed by atoms with Crippen molar-refractivity contribution in [2.75, 3.05) is 6.61 Å². The van der Waals surface area contributed by atoms with E-state index in [1.165, 1.54) is 13.8 Å². The van der Waals surface area contributed by atoms with Gasteiger partial charge in [-0.3, -0.25) is 14.4 Å². The summed E-state index contributed by atoms with van der Waals surface area (Å²) < 4.78 is 14.7. The molecule has 0 saturated carbocycles. The van der Waals surface area contributed by atoms with Crippen LogP contribution in [0, 0.1) is 0 Å². The Morgan fingerprint density at radius 1 is 1.14 bits per heavy atom. The predicted octanol–water partition coefficient (Wildman–Crippen LogP) is -1.94. The van der Waals surface area contributed by atoms with Crippen LogP contribution in [-0.4, -0.2) is 65.3 Å². The second-order valence-corrected chi connectivity index (χ2v) is 4.66.